The van der Waals surface area contributed by atoms with Gasteiger partial charge >= 0.3 is 25.0 Å². The summed E-state index contributed by atoms with van der Waals surface area (Å²) >= 11 is 6.58. The zero-order valence-electron chi connectivity index (χ0n) is 2.70. The molecule has 0 heterocycles. The number of carboxylic acid groups (broad SMARTS) is 1. The Balaban J connectivity index is 0. The van der Waals surface area contributed by atoms with E-state index in [9.17, 15) is 4.79 Å². The van der Waals surface area contributed by atoms with E-state index in [-0.39, 0.29) is 18.9 Å². The second kappa shape index (κ2) is 4.72. The van der Waals surface area contributed by atoms with Crippen molar-refractivity contribution in [3.63, 3.8) is 0 Å². The molecule has 0 bridgehead atoms. The normalized spacial score (nSPS) is 6.57. The van der Waals surface area contributed by atoms with Crippen LogP contribution < -0.4 is 0 Å². The van der Waals surface area contributed by atoms with Gasteiger partial charge in [-0.3, -0.25) is 0 Å². The van der Waals surface area contributed by atoms with E-state index in [4.69, 9.17) is 5.11 Å². The van der Waals surface area contributed by atoms with Crippen LogP contribution in [-0.2, 0) is 0 Å². The summed E-state index contributed by atoms with van der Waals surface area (Å²) in [5, 5.41) is 7.76. The van der Waals surface area contributed by atoms with Gasteiger partial charge in [0.15, 0.2) is 0 Å². The van der Waals surface area contributed by atoms with E-state index in [0.717, 1.165) is 0 Å². The van der Waals surface area contributed by atoms with Gasteiger partial charge in [0.2, 0.25) is 0 Å². The summed E-state index contributed by atoms with van der Waals surface area (Å²) in [5.41, 5.74) is 0. The summed E-state index contributed by atoms with van der Waals surface area (Å²) < 4.78 is 0.472. The Labute approximate surface area is 64.3 Å². The Morgan fingerprint density at radius 3 is 1.71 bits per heavy atom. The van der Waals surface area contributed by atoms with Crippen LogP contribution in [0.1, 0.15) is 0 Å². The van der Waals surface area contributed by atoms with Gasteiger partial charge in [0.05, 0.1) is 0 Å². The summed E-state index contributed by atoms with van der Waals surface area (Å²) in [7, 11) is 0. The van der Waals surface area contributed by atoms with Crippen molar-refractivity contribution in [2.24, 2.45) is 0 Å². The van der Waals surface area contributed by atoms with E-state index in [1.54, 1.807) is 0 Å². The van der Waals surface area contributed by atoms with Crippen LogP contribution in [0, 0.1) is 0 Å². The fraction of sp³-hybridized carbons (Fsp3) is 0. The maximum absolute atomic E-state index is 9.47. The summed E-state index contributed by atoms with van der Waals surface area (Å²) in [6, 6.07) is 0. The van der Waals surface area contributed by atoms with Crippen molar-refractivity contribution < 1.29 is 9.90 Å². The van der Waals surface area contributed by atoms with Gasteiger partial charge in [-0.2, -0.15) is 3.71 Å². The molecule has 6 heteroatoms. The number of amides is 1. The number of hydrogen-bond donors (Lipinski definition) is 3. The molecule has 0 aliphatic carbocycles. The molecule has 0 rings (SSSR count). The van der Waals surface area contributed by atoms with Crippen LogP contribution >= 0.6 is 25.6 Å². The molecule has 38 valence electrons. The van der Waals surface area contributed by atoms with Crippen molar-refractivity contribution in [2.45, 2.75) is 0 Å². The molecule has 0 fully saturated rings. The van der Waals surface area contributed by atoms with Crippen LogP contribution in [0.3, 0.4) is 0 Å². The number of carbonyl (C=O) groups is 1. The topological polar surface area (TPSA) is 40.5 Å². The summed E-state index contributed by atoms with van der Waals surface area (Å²) in [6.45, 7) is 0. The van der Waals surface area contributed by atoms with E-state index < -0.39 is 6.09 Å². The molecule has 0 unspecified atom stereocenters. The number of thiol groups is 2. The summed E-state index contributed by atoms with van der Waals surface area (Å²) in [5.74, 6) is 0. The third kappa shape index (κ3) is 6.57. The Bertz CT molecular complexity index is 66.7. The number of rotatable bonds is 0. The molecule has 0 aliphatic heterocycles. The first-order valence-electron chi connectivity index (χ1n) is 1.05. The van der Waals surface area contributed by atoms with Crippen LogP contribution in [0.25, 0.3) is 0 Å². The Morgan fingerprint density at radius 1 is 1.57 bits per heavy atom. The molecule has 0 radical (unpaired) electrons. The second-order valence-electron chi connectivity index (χ2n) is 0.572. The van der Waals surface area contributed by atoms with Crippen LogP contribution in [0.2, 0.25) is 0 Å². The molecule has 0 saturated carbocycles. The first-order chi connectivity index (χ1) is 2.64. The van der Waals surface area contributed by atoms with E-state index in [0.29, 0.717) is 3.71 Å². The van der Waals surface area contributed by atoms with Gasteiger partial charge in [-0.15, -0.1) is 0 Å². The SMILES string of the molecule is O=C(O)N(S)S.[LiH]. The zero-order chi connectivity index (χ0) is 5.15. The predicted octanol–water partition coefficient (Wildman–Crippen LogP) is 0.00750. The summed E-state index contributed by atoms with van der Waals surface area (Å²) in [4.78, 5) is 9.47. The monoisotopic (exact) mass is 133 g/mol. The third-order valence-corrected chi connectivity index (χ3v) is 0.513. The summed E-state index contributed by atoms with van der Waals surface area (Å²) in [6.07, 6.45) is -1.18. The average Bonchev–Trinajstić information content (AvgIpc) is 1.36. The maximum atomic E-state index is 9.47. The van der Waals surface area contributed by atoms with Gasteiger partial charge in [0.1, 0.15) is 0 Å². The van der Waals surface area contributed by atoms with Crippen molar-refractivity contribution in [3.05, 3.63) is 0 Å². The van der Waals surface area contributed by atoms with Gasteiger partial charge in [-0.25, -0.2) is 4.79 Å². The molecular weight excluding hydrogens is 129 g/mol. The van der Waals surface area contributed by atoms with Gasteiger partial charge in [-0.1, -0.05) is 0 Å². The Kier molecular flexibility index (Phi) is 7.10. The van der Waals surface area contributed by atoms with Gasteiger partial charge in [-0.05, 0) is 25.6 Å². The predicted molar refractivity (Wildman–Crippen MR) is 35.0 cm³/mol. The Hall–Kier alpha value is 0.567. The molecule has 0 spiro atoms. The molecule has 0 aromatic rings. The zero-order valence-corrected chi connectivity index (χ0v) is 4.49. The van der Waals surface area contributed by atoms with Crippen molar-refractivity contribution >= 4 is 50.6 Å². The van der Waals surface area contributed by atoms with Gasteiger partial charge < -0.3 is 5.11 Å². The fourth-order valence-electron chi connectivity index (χ4n) is 0. The molecule has 3 nitrogen and oxygen atoms in total. The molecule has 1 N–H and O–H groups in total. The molecule has 0 aromatic carbocycles. The number of nitrogens with zero attached hydrogens (tertiary/aromatic N) is 1. The van der Waals surface area contributed by atoms with E-state index in [1.807, 2.05) is 0 Å². The van der Waals surface area contributed by atoms with Crippen LogP contribution in [-0.4, -0.2) is 33.8 Å². The molecule has 0 saturated heterocycles. The van der Waals surface area contributed by atoms with Crippen molar-refractivity contribution in [2.75, 3.05) is 0 Å². The second-order valence-corrected chi connectivity index (χ2v) is 1.69. The van der Waals surface area contributed by atoms with Crippen LogP contribution in [0.15, 0.2) is 0 Å². The third-order valence-electron chi connectivity index (χ3n) is 0.171. The molecule has 0 atom stereocenters. The minimum atomic E-state index is -1.18. The molecule has 1 amide bonds. The van der Waals surface area contributed by atoms with Crippen LogP contribution in [0.5, 0.6) is 0 Å². The molecular formula is CH4LiNO2S2. The van der Waals surface area contributed by atoms with Crippen molar-refractivity contribution in [3.8, 4) is 0 Å². The van der Waals surface area contributed by atoms with E-state index in [2.05, 4.69) is 25.6 Å². The van der Waals surface area contributed by atoms with Gasteiger partial charge in [0.25, 0.3) is 0 Å². The molecule has 0 aliphatic rings. The van der Waals surface area contributed by atoms with Crippen molar-refractivity contribution in [1.82, 2.24) is 3.71 Å². The molecule has 0 aromatic heterocycles. The average molecular weight is 133 g/mol. The number of hydrogen-bond acceptors (Lipinski definition) is 3. The van der Waals surface area contributed by atoms with E-state index in [1.165, 1.54) is 0 Å². The van der Waals surface area contributed by atoms with Gasteiger partial charge in [0, 0.05) is 0 Å². The minimum absolute atomic E-state index is 0. The molecule has 7 heavy (non-hydrogen) atoms. The van der Waals surface area contributed by atoms with Crippen LogP contribution in [0.4, 0.5) is 4.79 Å². The Morgan fingerprint density at radius 2 is 1.71 bits per heavy atom. The first kappa shape index (κ1) is 10.5. The standard InChI is InChI=1S/CH3NO2S2.Li.H/c3-1(4)2(5)6;;/h5-6H,(H,3,4);;. The quantitative estimate of drug-likeness (QED) is 0.322. The fourth-order valence-corrected chi connectivity index (χ4v) is 0. The first-order valence-corrected chi connectivity index (χ1v) is 1.85. The van der Waals surface area contributed by atoms with Crippen molar-refractivity contribution in [1.29, 1.82) is 0 Å². The van der Waals surface area contributed by atoms with E-state index >= 15 is 0 Å².